The molecule has 3 heteroatoms. The second-order valence-electron chi connectivity index (χ2n) is 3.43. The summed E-state index contributed by atoms with van der Waals surface area (Å²) in [6.07, 6.45) is 1.78. The van der Waals surface area contributed by atoms with Crippen molar-refractivity contribution in [2.45, 2.75) is 6.92 Å². The maximum absolute atomic E-state index is 6.12. The van der Waals surface area contributed by atoms with E-state index in [-0.39, 0.29) is 0 Å². The fraction of sp³-hybridized carbons (Fsp3) is 0.0833. The zero-order chi connectivity index (χ0) is 10.8. The van der Waals surface area contributed by atoms with Crippen LogP contribution < -0.4 is 5.73 Å². The fourth-order valence-electron chi connectivity index (χ4n) is 1.48. The summed E-state index contributed by atoms with van der Waals surface area (Å²) >= 11 is 6.12. The van der Waals surface area contributed by atoms with E-state index in [0.717, 1.165) is 16.8 Å². The minimum absolute atomic E-state index is 0.667. The molecule has 0 bridgehead atoms. The molecule has 0 aliphatic rings. The van der Waals surface area contributed by atoms with Crippen LogP contribution >= 0.6 is 11.6 Å². The van der Waals surface area contributed by atoms with E-state index in [1.165, 1.54) is 0 Å². The molecule has 15 heavy (non-hydrogen) atoms. The molecule has 0 aliphatic carbocycles. The van der Waals surface area contributed by atoms with Crippen molar-refractivity contribution in [3.05, 3.63) is 47.2 Å². The molecule has 0 radical (unpaired) electrons. The first-order valence-corrected chi connectivity index (χ1v) is 5.02. The highest BCUT2D eigenvalue weighted by molar-refractivity contribution is 6.33. The van der Waals surface area contributed by atoms with E-state index in [4.69, 9.17) is 17.3 Å². The van der Waals surface area contributed by atoms with Crippen molar-refractivity contribution in [1.29, 1.82) is 0 Å². The van der Waals surface area contributed by atoms with E-state index >= 15 is 0 Å². The van der Waals surface area contributed by atoms with Crippen LogP contribution in [-0.2, 0) is 0 Å². The third kappa shape index (κ3) is 2.10. The van der Waals surface area contributed by atoms with Crippen LogP contribution in [0.15, 0.2) is 36.5 Å². The molecule has 0 aliphatic heterocycles. The number of pyridine rings is 1. The lowest BCUT2D eigenvalue weighted by molar-refractivity contribution is 1.20. The number of aromatic nitrogens is 1. The number of halogens is 1. The van der Waals surface area contributed by atoms with Gasteiger partial charge in [-0.1, -0.05) is 17.7 Å². The number of nitrogens with two attached hydrogens (primary N) is 1. The van der Waals surface area contributed by atoms with Crippen LogP contribution in [-0.4, -0.2) is 4.98 Å². The Kier molecular flexibility index (Phi) is 2.60. The van der Waals surface area contributed by atoms with Crippen LogP contribution in [0.25, 0.3) is 11.1 Å². The minimum atomic E-state index is 0.667. The minimum Gasteiger partial charge on any atom is -0.399 e. The summed E-state index contributed by atoms with van der Waals surface area (Å²) in [5.74, 6) is 0. The summed E-state index contributed by atoms with van der Waals surface area (Å²) in [6.45, 7) is 1.95. The fourth-order valence-corrected chi connectivity index (χ4v) is 1.78. The van der Waals surface area contributed by atoms with Gasteiger partial charge < -0.3 is 5.73 Å². The van der Waals surface area contributed by atoms with Gasteiger partial charge in [0, 0.05) is 23.1 Å². The molecule has 1 heterocycles. The zero-order valence-corrected chi connectivity index (χ0v) is 9.12. The van der Waals surface area contributed by atoms with Gasteiger partial charge in [0.25, 0.3) is 0 Å². The quantitative estimate of drug-likeness (QED) is 0.746. The molecule has 0 fully saturated rings. The molecule has 0 spiro atoms. The average Bonchev–Trinajstić information content (AvgIpc) is 2.17. The smallest absolute Gasteiger partial charge is 0.0504 e. The predicted octanol–water partition coefficient (Wildman–Crippen LogP) is 3.29. The van der Waals surface area contributed by atoms with E-state index < -0.39 is 0 Å². The number of hydrogen-bond acceptors (Lipinski definition) is 2. The molecule has 1 aromatic carbocycles. The lowest BCUT2D eigenvalue weighted by Crippen LogP contribution is -1.87. The lowest BCUT2D eigenvalue weighted by atomic mass is 10.1. The van der Waals surface area contributed by atoms with Crippen molar-refractivity contribution in [1.82, 2.24) is 4.98 Å². The molecule has 0 unspecified atom stereocenters. The van der Waals surface area contributed by atoms with Crippen molar-refractivity contribution in [2.24, 2.45) is 0 Å². The topological polar surface area (TPSA) is 38.9 Å². The molecule has 2 aromatic rings. The van der Waals surface area contributed by atoms with E-state index in [1.807, 2.05) is 31.2 Å². The molecule has 1 aromatic heterocycles. The first-order valence-electron chi connectivity index (χ1n) is 4.65. The molecular formula is C12H11ClN2. The predicted molar refractivity (Wildman–Crippen MR) is 63.8 cm³/mol. The van der Waals surface area contributed by atoms with E-state index in [9.17, 15) is 0 Å². The maximum atomic E-state index is 6.12. The van der Waals surface area contributed by atoms with Crippen molar-refractivity contribution in [2.75, 3.05) is 5.73 Å². The molecule has 2 nitrogen and oxygen atoms in total. The van der Waals surface area contributed by atoms with Crippen LogP contribution in [0.3, 0.4) is 0 Å². The molecule has 2 rings (SSSR count). The number of aryl methyl sites for hydroxylation is 1. The van der Waals surface area contributed by atoms with Crippen LogP contribution in [0.5, 0.6) is 0 Å². The van der Waals surface area contributed by atoms with Gasteiger partial charge in [-0.15, -0.1) is 0 Å². The number of rotatable bonds is 1. The molecule has 0 saturated carbocycles. The molecule has 0 saturated heterocycles. The Labute approximate surface area is 93.7 Å². The summed E-state index contributed by atoms with van der Waals surface area (Å²) in [5.41, 5.74) is 9.33. The SMILES string of the molecule is Cc1cc(-c2ccc(N)cc2Cl)ccn1. The van der Waals surface area contributed by atoms with E-state index in [1.54, 1.807) is 12.3 Å². The van der Waals surface area contributed by atoms with Crippen molar-refractivity contribution >= 4 is 17.3 Å². The van der Waals surface area contributed by atoms with Gasteiger partial charge in [-0.05, 0) is 36.8 Å². The molecular weight excluding hydrogens is 208 g/mol. The number of nitrogens with zero attached hydrogens (tertiary/aromatic N) is 1. The Morgan fingerprint density at radius 2 is 2.00 bits per heavy atom. The average molecular weight is 219 g/mol. The lowest BCUT2D eigenvalue weighted by Gasteiger charge is -2.05. The van der Waals surface area contributed by atoms with Crippen LogP contribution in [0.2, 0.25) is 5.02 Å². The van der Waals surface area contributed by atoms with E-state index in [2.05, 4.69) is 4.98 Å². The largest absolute Gasteiger partial charge is 0.399 e. The highest BCUT2D eigenvalue weighted by Gasteiger charge is 2.03. The highest BCUT2D eigenvalue weighted by atomic mass is 35.5. The van der Waals surface area contributed by atoms with Crippen molar-refractivity contribution in [3.8, 4) is 11.1 Å². The summed E-state index contributed by atoms with van der Waals surface area (Å²) in [4.78, 5) is 4.14. The molecule has 76 valence electrons. The number of hydrogen-bond donors (Lipinski definition) is 1. The molecule has 2 N–H and O–H groups in total. The normalized spacial score (nSPS) is 10.3. The Balaban J connectivity index is 2.54. The van der Waals surface area contributed by atoms with Gasteiger partial charge in [0.15, 0.2) is 0 Å². The summed E-state index contributed by atoms with van der Waals surface area (Å²) < 4.78 is 0. The highest BCUT2D eigenvalue weighted by Crippen LogP contribution is 2.29. The Hall–Kier alpha value is -1.54. The summed E-state index contributed by atoms with van der Waals surface area (Å²) in [5, 5.41) is 0.667. The first-order chi connectivity index (χ1) is 7.16. The number of benzene rings is 1. The number of nitrogen functional groups attached to an aromatic ring is 1. The monoisotopic (exact) mass is 218 g/mol. The van der Waals surface area contributed by atoms with Gasteiger partial charge in [-0.25, -0.2) is 0 Å². The van der Waals surface area contributed by atoms with Crippen LogP contribution in [0.1, 0.15) is 5.69 Å². The second kappa shape index (κ2) is 3.91. The van der Waals surface area contributed by atoms with Gasteiger partial charge in [-0.2, -0.15) is 0 Å². The second-order valence-corrected chi connectivity index (χ2v) is 3.83. The van der Waals surface area contributed by atoms with Crippen LogP contribution in [0, 0.1) is 6.92 Å². The third-order valence-corrected chi connectivity index (χ3v) is 2.51. The number of anilines is 1. The molecule has 0 atom stereocenters. The van der Waals surface area contributed by atoms with Crippen LogP contribution in [0.4, 0.5) is 5.69 Å². The van der Waals surface area contributed by atoms with Gasteiger partial charge in [0.1, 0.15) is 0 Å². The zero-order valence-electron chi connectivity index (χ0n) is 8.37. The summed E-state index contributed by atoms with van der Waals surface area (Å²) in [6, 6.07) is 9.46. The Bertz CT molecular complexity index is 495. The van der Waals surface area contributed by atoms with Crippen molar-refractivity contribution in [3.63, 3.8) is 0 Å². The summed E-state index contributed by atoms with van der Waals surface area (Å²) in [7, 11) is 0. The van der Waals surface area contributed by atoms with Gasteiger partial charge >= 0.3 is 0 Å². The maximum Gasteiger partial charge on any atom is 0.0504 e. The standard InChI is InChI=1S/C12H11ClN2/c1-8-6-9(4-5-15-8)11-3-2-10(14)7-12(11)13/h2-7H,14H2,1H3. The molecule has 0 amide bonds. The first kappa shape index (κ1) is 9.99. The Morgan fingerprint density at radius 1 is 1.20 bits per heavy atom. The Morgan fingerprint density at radius 3 is 2.67 bits per heavy atom. The van der Waals surface area contributed by atoms with E-state index in [0.29, 0.717) is 10.7 Å². The third-order valence-electron chi connectivity index (χ3n) is 2.20. The van der Waals surface area contributed by atoms with Gasteiger partial charge in [0.2, 0.25) is 0 Å². The van der Waals surface area contributed by atoms with Gasteiger partial charge in [-0.3, -0.25) is 4.98 Å². The van der Waals surface area contributed by atoms with Gasteiger partial charge in [0.05, 0.1) is 5.02 Å². The van der Waals surface area contributed by atoms with Crippen molar-refractivity contribution < 1.29 is 0 Å².